The van der Waals surface area contributed by atoms with Gasteiger partial charge in [-0.25, -0.2) is 4.98 Å². The Bertz CT molecular complexity index is 1170. The van der Waals surface area contributed by atoms with E-state index in [4.69, 9.17) is 10.5 Å². The van der Waals surface area contributed by atoms with E-state index in [-0.39, 0.29) is 11.6 Å². The third-order valence-electron chi connectivity index (χ3n) is 8.77. The third kappa shape index (κ3) is 7.55. The Hall–Kier alpha value is -3.10. The summed E-state index contributed by atoms with van der Waals surface area (Å²) in [7, 11) is 0. The summed E-state index contributed by atoms with van der Waals surface area (Å²) >= 11 is 0. The van der Waals surface area contributed by atoms with E-state index < -0.39 is 11.6 Å². The number of carbonyl (C=O) groups excluding carboxylic acids is 1. The molecule has 2 aromatic rings. The normalized spacial score (nSPS) is 22.0. The number of nitrogens with zero attached hydrogens (tertiary/aromatic N) is 3. The van der Waals surface area contributed by atoms with Crippen LogP contribution in [0.25, 0.3) is 0 Å². The van der Waals surface area contributed by atoms with E-state index in [2.05, 4.69) is 56.9 Å². The molecule has 1 saturated carbocycles. The number of ether oxygens (including phenoxy) is 1. The lowest BCUT2D eigenvalue weighted by Gasteiger charge is -2.36. The van der Waals surface area contributed by atoms with Crippen molar-refractivity contribution in [1.29, 1.82) is 0 Å². The van der Waals surface area contributed by atoms with Crippen molar-refractivity contribution in [3.8, 4) is 0 Å². The van der Waals surface area contributed by atoms with Gasteiger partial charge in [-0.3, -0.25) is 4.79 Å². The first-order valence-electron chi connectivity index (χ1n) is 14.9. The molecule has 1 heterocycles. The summed E-state index contributed by atoms with van der Waals surface area (Å²) in [6, 6.07) is 8.23. The Labute approximate surface area is 238 Å². The highest BCUT2D eigenvalue weighted by Gasteiger charge is 2.35. The third-order valence-corrected chi connectivity index (χ3v) is 8.77. The minimum absolute atomic E-state index is 0.146. The number of carbonyl (C=O) groups is 1. The van der Waals surface area contributed by atoms with Crippen LogP contribution in [0.15, 0.2) is 54.4 Å². The van der Waals surface area contributed by atoms with E-state index in [0.29, 0.717) is 36.6 Å². The first-order valence-corrected chi connectivity index (χ1v) is 14.9. The Morgan fingerprint density at radius 2 is 1.90 bits per heavy atom. The maximum absolute atomic E-state index is 11.5. The number of allylic oxidation sites excluding steroid dienone is 4. The number of Topliss-reactive ketones (excluding diaryl/α,β-unsaturated/α-hetero) is 1. The molecule has 40 heavy (non-hydrogen) atoms. The second kappa shape index (κ2) is 14.0. The van der Waals surface area contributed by atoms with Gasteiger partial charge in [-0.15, -0.1) is 10.2 Å². The Balaban J connectivity index is 1.27. The van der Waals surface area contributed by atoms with Gasteiger partial charge in [0.15, 0.2) is 17.4 Å². The average molecular weight is 548 g/mol. The van der Waals surface area contributed by atoms with Crippen LogP contribution in [0.5, 0.6) is 0 Å². The van der Waals surface area contributed by atoms with E-state index in [9.17, 15) is 9.90 Å². The highest BCUT2D eigenvalue weighted by Crippen LogP contribution is 2.38. The van der Waals surface area contributed by atoms with Crippen LogP contribution >= 0.6 is 0 Å². The van der Waals surface area contributed by atoms with Crippen molar-refractivity contribution in [2.45, 2.75) is 102 Å². The Morgan fingerprint density at radius 3 is 2.50 bits per heavy atom. The first-order chi connectivity index (χ1) is 19.3. The van der Waals surface area contributed by atoms with Gasteiger partial charge in [0.05, 0.1) is 17.7 Å². The quantitative estimate of drug-likeness (QED) is 0.258. The van der Waals surface area contributed by atoms with Crippen LogP contribution in [0, 0.1) is 5.92 Å². The van der Waals surface area contributed by atoms with Crippen molar-refractivity contribution >= 4 is 17.4 Å². The molecule has 0 amide bonds. The van der Waals surface area contributed by atoms with Crippen molar-refractivity contribution in [2.75, 3.05) is 17.7 Å². The minimum Gasteiger partial charge on any atom is -0.387 e. The Morgan fingerprint density at radius 1 is 1.18 bits per heavy atom. The lowest BCUT2D eigenvalue weighted by Crippen LogP contribution is -2.39. The molecule has 2 aliphatic carbocycles. The van der Waals surface area contributed by atoms with Gasteiger partial charge in [0.2, 0.25) is 0 Å². The monoisotopic (exact) mass is 547 g/mol. The van der Waals surface area contributed by atoms with Gasteiger partial charge < -0.3 is 20.9 Å². The van der Waals surface area contributed by atoms with Crippen LogP contribution in [0.1, 0.15) is 102 Å². The molecule has 0 radical (unpaired) electrons. The molecule has 0 aliphatic heterocycles. The summed E-state index contributed by atoms with van der Waals surface area (Å²) in [5.41, 5.74) is 8.19. The number of nitrogens with two attached hydrogens (primary N) is 1. The van der Waals surface area contributed by atoms with Gasteiger partial charge >= 0.3 is 0 Å². The predicted molar refractivity (Wildman–Crippen MR) is 159 cm³/mol. The Kier molecular flexibility index (Phi) is 10.5. The van der Waals surface area contributed by atoms with Crippen LogP contribution < -0.4 is 11.1 Å². The summed E-state index contributed by atoms with van der Waals surface area (Å²) in [5, 5.41) is 22.7. The number of hydrogen-bond acceptors (Lipinski definition) is 8. The smallest absolute Gasteiger partial charge is 0.191 e. The van der Waals surface area contributed by atoms with Crippen LogP contribution in [0.3, 0.4) is 0 Å². The van der Waals surface area contributed by atoms with E-state index in [0.717, 1.165) is 62.7 Å². The van der Waals surface area contributed by atoms with Crippen LogP contribution in [-0.4, -0.2) is 44.4 Å². The number of rotatable bonds is 13. The molecular weight excluding hydrogens is 502 g/mol. The molecule has 0 saturated heterocycles. The highest BCUT2D eigenvalue weighted by atomic mass is 16.5. The molecule has 2 atom stereocenters. The molecule has 2 unspecified atom stereocenters. The molecule has 2 aliphatic rings. The molecule has 8 heteroatoms. The SMILES string of the molecule is CCC(O)(CC)C(Nc1nncnc1N)c1ccc(C2CCC(OCCCC3C=CC(C(C)=O)=CC3)CC2)cc1. The fraction of sp³-hybridized carbons (Fsp3) is 0.562. The zero-order valence-corrected chi connectivity index (χ0v) is 24.2. The van der Waals surface area contributed by atoms with Crippen molar-refractivity contribution in [2.24, 2.45) is 5.92 Å². The van der Waals surface area contributed by atoms with E-state index in [1.807, 2.05) is 19.9 Å². The van der Waals surface area contributed by atoms with Crippen LogP contribution in [-0.2, 0) is 9.53 Å². The largest absolute Gasteiger partial charge is 0.387 e. The van der Waals surface area contributed by atoms with Gasteiger partial charge in [-0.1, -0.05) is 56.3 Å². The number of ketones is 1. The molecular formula is C32H45N5O3. The van der Waals surface area contributed by atoms with Crippen molar-refractivity contribution in [1.82, 2.24) is 15.2 Å². The summed E-state index contributed by atoms with van der Waals surface area (Å²) < 4.78 is 6.24. The molecule has 0 spiro atoms. The van der Waals surface area contributed by atoms with Gasteiger partial charge in [0.25, 0.3) is 0 Å². The number of aliphatic hydroxyl groups is 1. The molecule has 8 nitrogen and oxygen atoms in total. The number of anilines is 2. The molecule has 216 valence electrons. The molecule has 0 bridgehead atoms. The van der Waals surface area contributed by atoms with E-state index in [1.165, 1.54) is 11.9 Å². The van der Waals surface area contributed by atoms with Crippen LogP contribution in [0.2, 0.25) is 0 Å². The van der Waals surface area contributed by atoms with Crippen molar-refractivity contribution < 1.29 is 14.6 Å². The maximum atomic E-state index is 11.5. The molecule has 4 N–H and O–H groups in total. The highest BCUT2D eigenvalue weighted by molar-refractivity contribution is 5.96. The lowest BCUT2D eigenvalue weighted by molar-refractivity contribution is -0.113. The zero-order valence-electron chi connectivity index (χ0n) is 24.2. The topological polar surface area (TPSA) is 123 Å². The minimum atomic E-state index is -0.970. The summed E-state index contributed by atoms with van der Waals surface area (Å²) in [5.74, 6) is 1.82. The van der Waals surface area contributed by atoms with Gasteiger partial charge in [0.1, 0.15) is 6.33 Å². The second-order valence-electron chi connectivity index (χ2n) is 11.3. The predicted octanol–water partition coefficient (Wildman–Crippen LogP) is 6.07. The van der Waals surface area contributed by atoms with Gasteiger partial charge in [-0.2, -0.15) is 0 Å². The number of aromatic nitrogens is 3. The lowest BCUT2D eigenvalue weighted by atomic mass is 9.80. The number of nitrogens with one attached hydrogen (secondary N) is 1. The fourth-order valence-corrected chi connectivity index (χ4v) is 5.97. The second-order valence-corrected chi connectivity index (χ2v) is 11.3. The molecule has 1 aromatic carbocycles. The molecule has 1 fully saturated rings. The molecule has 1 aromatic heterocycles. The number of nitrogen functional groups attached to an aromatic ring is 1. The van der Waals surface area contributed by atoms with Crippen molar-refractivity contribution in [3.05, 3.63) is 65.5 Å². The zero-order chi connectivity index (χ0) is 28.5. The summed E-state index contributed by atoms with van der Waals surface area (Å²) in [6.07, 6.45) is 16.5. The van der Waals surface area contributed by atoms with Crippen LogP contribution in [0.4, 0.5) is 11.6 Å². The molecule has 4 rings (SSSR count). The maximum Gasteiger partial charge on any atom is 0.191 e. The number of benzene rings is 1. The van der Waals surface area contributed by atoms with Crippen molar-refractivity contribution in [3.63, 3.8) is 0 Å². The number of hydrogen-bond donors (Lipinski definition) is 3. The van der Waals surface area contributed by atoms with Gasteiger partial charge in [-0.05, 0) is 87.7 Å². The first kappa shape index (κ1) is 29.9. The summed E-state index contributed by atoms with van der Waals surface area (Å²) in [6.45, 7) is 6.40. The summed E-state index contributed by atoms with van der Waals surface area (Å²) in [4.78, 5) is 15.5. The van der Waals surface area contributed by atoms with Gasteiger partial charge in [0, 0.05) is 12.2 Å². The van der Waals surface area contributed by atoms with E-state index >= 15 is 0 Å². The fourth-order valence-electron chi connectivity index (χ4n) is 5.97. The average Bonchev–Trinajstić information content (AvgIpc) is 2.99. The standard InChI is InChI=1S/C32H45N5O3/c1-4-32(39,5-2)29(36-31-30(33)34-21-35-37-31)27-14-12-25(13-15-27)26-16-18-28(19-17-26)40-20-6-7-23-8-10-24(11-9-23)22(3)38/h8,10-15,21,23,26,28-29,39H,4-7,9,16-20H2,1-3H3,(H,36,37)(H2,33,34,35). The van der Waals surface area contributed by atoms with E-state index in [1.54, 1.807) is 6.92 Å².